The molecule has 1 heterocycles. The van der Waals surface area contributed by atoms with Gasteiger partial charge in [0.1, 0.15) is 11.4 Å². The quantitative estimate of drug-likeness (QED) is 0.594. The highest BCUT2D eigenvalue weighted by Gasteiger charge is 2.14. The van der Waals surface area contributed by atoms with Crippen molar-refractivity contribution in [2.45, 2.75) is 6.92 Å². The van der Waals surface area contributed by atoms with Crippen LogP contribution in [0.15, 0.2) is 18.2 Å². The fourth-order valence-electron chi connectivity index (χ4n) is 1.42. The van der Waals surface area contributed by atoms with Gasteiger partial charge in [0.25, 0.3) is 0 Å². The first-order chi connectivity index (χ1) is 6.27. The number of benzene rings is 1. The zero-order chi connectivity index (χ0) is 9.26. The number of ether oxygens (including phenoxy) is 1. The Morgan fingerprint density at radius 2 is 2.38 bits per heavy atom. The van der Waals surface area contributed by atoms with Gasteiger partial charge in [-0.15, -0.1) is 0 Å². The molecule has 1 aromatic rings. The van der Waals surface area contributed by atoms with E-state index in [-0.39, 0.29) is 0 Å². The van der Waals surface area contributed by atoms with Crippen LogP contribution in [0.1, 0.15) is 6.92 Å². The summed E-state index contributed by atoms with van der Waals surface area (Å²) >= 11 is 0. The molecule has 3 N–H and O–H groups in total. The van der Waals surface area contributed by atoms with E-state index < -0.39 is 0 Å². The van der Waals surface area contributed by atoms with E-state index in [9.17, 15) is 0 Å². The molecule has 0 bridgehead atoms. The number of rotatable bonds is 0. The lowest BCUT2D eigenvalue weighted by molar-refractivity contribution is 0.275. The van der Waals surface area contributed by atoms with Gasteiger partial charge < -0.3 is 15.8 Å². The number of nitrogens with two attached hydrogens (primary N) is 1. The van der Waals surface area contributed by atoms with Crippen molar-refractivity contribution in [1.29, 1.82) is 0 Å². The molecule has 1 atom stereocenters. The molecule has 13 heavy (non-hydrogen) atoms. The van der Waals surface area contributed by atoms with Crippen LogP contribution in [0.2, 0.25) is 0 Å². The van der Waals surface area contributed by atoms with Gasteiger partial charge in [-0.25, -0.2) is 0 Å². The van der Waals surface area contributed by atoms with E-state index in [1.807, 2.05) is 18.2 Å². The zero-order valence-corrected chi connectivity index (χ0v) is 7.71. The maximum absolute atomic E-state index is 5.81. The van der Waals surface area contributed by atoms with Crippen LogP contribution in [-0.2, 0) is 0 Å². The molecule has 0 radical (unpaired) electrons. The third-order valence-electron chi connectivity index (χ3n) is 2.21. The van der Waals surface area contributed by atoms with Gasteiger partial charge in [-0.05, 0) is 12.1 Å². The summed E-state index contributed by atoms with van der Waals surface area (Å²) in [5.41, 5.74) is 7.51. The molecule has 0 fully saturated rings. The first kappa shape index (κ1) is 8.23. The zero-order valence-electron chi connectivity index (χ0n) is 7.71. The largest absolute Gasteiger partial charge is 0.491 e. The van der Waals surface area contributed by atoms with E-state index in [0.29, 0.717) is 5.92 Å². The molecule has 0 aliphatic carbocycles. The van der Waals surface area contributed by atoms with Crippen molar-refractivity contribution in [3.63, 3.8) is 0 Å². The lowest BCUT2D eigenvalue weighted by atomic mass is 10.2. The Morgan fingerprint density at radius 1 is 1.54 bits per heavy atom. The molecule has 1 unspecified atom stereocenters. The van der Waals surface area contributed by atoms with Gasteiger partial charge in [-0.2, -0.15) is 0 Å². The van der Waals surface area contributed by atoms with Crippen LogP contribution in [0.5, 0.6) is 5.75 Å². The summed E-state index contributed by atoms with van der Waals surface area (Å²) in [5, 5.41) is 3.29. The second-order valence-electron chi connectivity index (χ2n) is 3.52. The third kappa shape index (κ3) is 1.54. The Balaban J connectivity index is 2.35. The molecule has 3 nitrogen and oxygen atoms in total. The number of nitrogen functional groups attached to an aromatic ring is 1. The van der Waals surface area contributed by atoms with Crippen molar-refractivity contribution in [3.8, 4) is 5.75 Å². The first-order valence-corrected chi connectivity index (χ1v) is 4.52. The maximum Gasteiger partial charge on any atom is 0.144 e. The van der Waals surface area contributed by atoms with Crippen LogP contribution in [-0.4, -0.2) is 13.2 Å². The van der Waals surface area contributed by atoms with Crippen molar-refractivity contribution >= 4 is 11.4 Å². The monoisotopic (exact) mass is 178 g/mol. The number of anilines is 2. The van der Waals surface area contributed by atoms with Crippen LogP contribution in [0, 0.1) is 5.92 Å². The Labute approximate surface area is 77.9 Å². The second-order valence-corrected chi connectivity index (χ2v) is 3.52. The van der Waals surface area contributed by atoms with Crippen LogP contribution < -0.4 is 15.8 Å². The summed E-state index contributed by atoms with van der Waals surface area (Å²) in [6.45, 7) is 3.82. The topological polar surface area (TPSA) is 47.3 Å². The first-order valence-electron chi connectivity index (χ1n) is 4.52. The van der Waals surface area contributed by atoms with Gasteiger partial charge in [0.15, 0.2) is 0 Å². The molecular formula is C10H14N2O. The third-order valence-corrected chi connectivity index (χ3v) is 2.21. The van der Waals surface area contributed by atoms with E-state index in [1.54, 1.807) is 0 Å². The Kier molecular flexibility index (Phi) is 2.00. The van der Waals surface area contributed by atoms with E-state index in [0.717, 1.165) is 30.3 Å². The van der Waals surface area contributed by atoms with Crippen molar-refractivity contribution in [3.05, 3.63) is 18.2 Å². The van der Waals surface area contributed by atoms with Crippen LogP contribution in [0.4, 0.5) is 11.4 Å². The average molecular weight is 178 g/mol. The minimum absolute atomic E-state index is 0.520. The molecule has 70 valence electrons. The second kappa shape index (κ2) is 3.17. The molecule has 0 amide bonds. The summed E-state index contributed by atoms with van der Waals surface area (Å²) in [7, 11) is 0. The number of hydrogen-bond donors (Lipinski definition) is 2. The minimum Gasteiger partial charge on any atom is -0.491 e. The van der Waals surface area contributed by atoms with Crippen LogP contribution in [0.3, 0.4) is 0 Å². The highest BCUT2D eigenvalue weighted by Crippen LogP contribution is 2.32. The lowest BCUT2D eigenvalue weighted by Crippen LogP contribution is -2.14. The highest BCUT2D eigenvalue weighted by atomic mass is 16.5. The minimum atomic E-state index is 0.520. The number of hydrogen-bond acceptors (Lipinski definition) is 3. The van der Waals surface area contributed by atoms with Gasteiger partial charge in [0.05, 0.1) is 12.3 Å². The predicted molar refractivity (Wildman–Crippen MR) is 54.0 cm³/mol. The Morgan fingerprint density at radius 3 is 3.23 bits per heavy atom. The van der Waals surface area contributed by atoms with Crippen molar-refractivity contribution in [1.82, 2.24) is 0 Å². The molecule has 0 aromatic heterocycles. The number of fused-ring (bicyclic) bond motifs is 1. The average Bonchev–Trinajstić information content (AvgIpc) is 2.30. The van der Waals surface area contributed by atoms with Crippen molar-refractivity contribution in [2.75, 3.05) is 24.2 Å². The molecule has 1 aromatic carbocycles. The van der Waals surface area contributed by atoms with Crippen molar-refractivity contribution in [2.24, 2.45) is 5.92 Å². The summed E-state index contributed by atoms with van der Waals surface area (Å²) in [6, 6.07) is 5.73. The van der Waals surface area contributed by atoms with E-state index in [2.05, 4.69) is 12.2 Å². The van der Waals surface area contributed by atoms with Crippen molar-refractivity contribution < 1.29 is 4.74 Å². The number of nitrogens with one attached hydrogen (secondary N) is 1. The van der Waals surface area contributed by atoms with Gasteiger partial charge in [-0.1, -0.05) is 13.0 Å². The summed E-state index contributed by atoms with van der Waals surface area (Å²) < 4.78 is 5.60. The molecule has 0 saturated carbocycles. The fourth-order valence-corrected chi connectivity index (χ4v) is 1.42. The molecular weight excluding hydrogens is 164 g/mol. The van der Waals surface area contributed by atoms with E-state index in [1.165, 1.54) is 0 Å². The molecule has 3 heteroatoms. The van der Waals surface area contributed by atoms with Crippen LogP contribution >= 0.6 is 0 Å². The standard InChI is InChI=1S/C10H14N2O/c1-7-5-12-10-8(11)3-2-4-9(10)13-6-7/h2-4,7,12H,5-6,11H2,1H3. The van der Waals surface area contributed by atoms with Gasteiger partial charge in [-0.3, -0.25) is 0 Å². The smallest absolute Gasteiger partial charge is 0.144 e. The fraction of sp³-hybridized carbons (Fsp3) is 0.400. The molecule has 0 saturated heterocycles. The lowest BCUT2D eigenvalue weighted by Gasteiger charge is -2.09. The Hall–Kier alpha value is -1.38. The summed E-state index contributed by atoms with van der Waals surface area (Å²) in [5.74, 6) is 1.39. The molecule has 1 aliphatic rings. The maximum atomic E-state index is 5.81. The van der Waals surface area contributed by atoms with E-state index >= 15 is 0 Å². The van der Waals surface area contributed by atoms with E-state index in [4.69, 9.17) is 10.5 Å². The summed E-state index contributed by atoms with van der Waals surface area (Å²) in [4.78, 5) is 0. The van der Waals surface area contributed by atoms with Gasteiger partial charge >= 0.3 is 0 Å². The number of para-hydroxylation sites is 1. The molecule has 1 aliphatic heterocycles. The molecule has 0 spiro atoms. The normalized spacial score (nSPS) is 20.8. The van der Waals surface area contributed by atoms with Gasteiger partial charge in [0, 0.05) is 12.5 Å². The van der Waals surface area contributed by atoms with Gasteiger partial charge in [0.2, 0.25) is 0 Å². The predicted octanol–water partition coefficient (Wildman–Crippen LogP) is 1.71. The summed E-state index contributed by atoms with van der Waals surface area (Å²) in [6.07, 6.45) is 0. The SMILES string of the molecule is CC1CNc2c(N)cccc2OC1. The Bertz CT molecular complexity index is 312. The van der Waals surface area contributed by atoms with Crippen LogP contribution in [0.25, 0.3) is 0 Å². The highest BCUT2D eigenvalue weighted by molar-refractivity contribution is 5.73. The molecule has 2 rings (SSSR count).